The minimum atomic E-state index is 0.228. The van der Waals surface area contributed by atoms with Gasteiger partial charge in [-0.2, -0.15) is 0 Å². The molecule has 1 aromatic carbocycles. The van der Waals surface area contributed by atoms with Gasteiger partial charge in [-0.3, -0.25) is 4.99 Å². The van der Waals surface area contributed by atoms with Gasteiger partial charge in [0.15, 0.2) is 0 Å². The Hall–Kier alpha value is -1.15. The summed E-state index contributed by atoms with van der Waals surface area (Å²) in [6, 6.07) is 8.37. The molecule has 0 aromatic heterocycles. The van der Waals surface area contributed by atoms with E-state index >= 15 is 0 Å². The van der Waals surface area contributed by atoms with Crippen molar-refractivity contribution in [2.24, 2.45) is 22.1 Å². The number of rotatable bonds is 1. The van der Waals surface area contributed by atoms with Crippen LogP contribution < -0.4 is 5.73 Å². The lowest BCUT2D eigenvalue weighted by molar-refractivity contribution is 0.307. The molecule has 2 rings (SSSR count). The molecule has 1 unspecified atom stereocenters. The highest BCUT2D eigenvalue weighted by molar-refractivity contribution is 5.93. The monoisotopic (exact) mass is 216 g/mol. The highest BCUT2D eigenvalue weighted by Crippen LogP contribution is 2.37. The van der Waals surface area contributed by atoms with Crippen molar-refractivity contribution in [3.8, 4) is 0 Å². The summed E-state index contributed by atoms with van der Waals surface area (Å²) in [5.74, 6) is 0.465. The van der Waals surface area contributed by atoms with Crippen LogP contribution in [0.4, 0.5) is 5.69 Å². The van der Waals surface area contributed by atoms with E-state index in [0.717, 1.165) is 17.8 Å². The first-order valence-electron chi connectivity index (χ1n) is 5.88. The van der Waals surface area contributed by atoms with Gasteiger partial charge in [-0.15, -0.1) is 0 Å². The van der Waals surface area contributed by atoms with Crippen molar-refractivity contribution in [3.63, 3.8) is 0 Å². The molecule has 2 heteroatoms. The van der Waals surface area contributed by atoms with Gasteiger partial charge >= 0.3 is 0 Å². The summed E-state index contributed by atoms with van der Waals surface area (Å²) in [6.45, 7) is 7.35. The Balaban J connectivity index is 2.43. The summed E-state index contributed by atoms with van der Waals surface area (Å²) >= 11 is 0. The van der Waals surface area contributed by atoms with Crippen LogP contribution in [0.5, 0.6) is 0 Å². The van der Waals surface area contributed by atoms with Crippen molar-refractivity contribution in [3.05, 3.63) is 29.8 Å². The van der Waals surface area contributed by atoms with Crippen molar-refractivity contribution in [2.75, 3.05) is 6.54 Å². The molecule has 0 saturated heterocycles. The molecule has 0 aliphatic carbocycles. The molecule has 0 fully saturated rings. The second-order valence-corrected chi connectivity index (χ2v) is 5.56. The molecule has 1 aliphatic rings. The molecule has 2 N–H and O–H groups in total. The van der Waals surface area contributed by atoms with Gasteiger partial charge in [-0.25, -0.2) is 0 Å². The van der Waals surface area contributed by atoms with Gasteiger partial charge < -0.3 is 5.73 Å². The third-order valence-corrected chi connectivity index (χ3v) is 3.34. The Labute approximate surface area is 97.6 Å². The molecule has 0 radical (unpaired) electrons. The van der Waals surface area contributed by atoms with Gasteiger partial charge in [-0.05, 0) is 23.5 Å². The molecule has 2 nitrogen and oxygen atoms in total. The minimum absolute atomic E-state index is 0.228. The topological polar surface area (TPSA) is 38.4 Å². The Morgan fingerprint density at radius 2 is 2.00 bits per heavy atom. The van der Waals surface area contributed by atoms with E-state index in [1.54, 1.807) is 0 Å². The van der Waals surface area contributed by atoms with E-state index in [4.69, 9.17) is 10.7 Å². The Morgan fingerprint density at radius 3 is 2.62 bits per heavy atom. The van der Waals surface area contributed by atoms with Gasteiger partial charge in [0.2, 0.25) is 0 Å². The Bertz CT molecular complexity index is 413. The van der Waals surface area contributed by atoms with E-state index in [9.17, 15) is 0 Å². The summed E-state index contributed by atoms with van der Waals surface area (Å²) in [5, 5.41) is 0. The molecular formula is C14H20N2. The van der Waals surface area contributed by atoms with Gasteiger partial charge in [0.05, 0.1) is 5.69 Å². The number of nitrogens with two attached hydrogens (primary N) is 1. The lowest BCUT2D eigenvalue weighted by Gasteiger charge is -2.34. The summed E-state index contributed by atoms with van der Waals surface area (Å²) in [6.07, 6.45) is 1.07. The van der Waals surface area contributed by atoms with Crippen LogP contribution in [0.25, 0.3) is 0 Å². The average Bonchev–Trinajstić information content (AvgIpc) is 2.26. The molecule has 1 aliphatic heterocycles. The number of nitrogens with zero attached hydrogens (tertiary/aromatic N) is 1. The smallest absolute Gasteiger partial charge is 0.0661 e. The first-order chi connectivity index (χ1) is 7.52. The van der Waals surface area contributed by atoms with Crippen LogP contribution in [-0.2, 0) is 6.42 Å². The minimum Gasteiger partial charge on any atom is -0.325 e. The summed E-state index contributed by atoms with van der Waals surface area (Å²) < 4.78 is 0. The zero-order valence-corrected chi connectivity index (χ0v) is 10.3. The maximum atomic E-state index is 5.82. The Kier molecular flexibility index (Phi) is 2.85. The van der Waals surface area contributed by atoms with Crippen LogP contribution in [0.2, 0.25) is 0 Å². The molecule has 0 spiro atoms. The number of para-hydroxylation sites is 1. The zero-order valence-electron chi connectivity index (χ0n) is 10.3. The predicted octanol–water partition coefficient (Wildman–Crippen LogP) is 2.94. The summed E-state index contributed by atoms with van der Waals surface area (Å²) in [4.78, 5) is 4.70. The molecular weight excluding hydrogens is 196 g/mol. The summed E-state index contributed by atoms with van der Waals surface area (Å²) in [5.41, 5.74) is 9.64. The van der Waals surface area contributed by atoms with Crippen molar-refractivity contribution < 1.29 is 0 Å². The van der Waals surface area contributed by atoms with Crippen molar-refractivity contribution in [2.45, 2.75) is 27.2 Å². The van der Waals surface area contributed by atoms with Crippen LogP contribution in [0.15, 0.2) is 29.3 Å². The molecule has 1 heterocycles. The Morgan fingerprint density at radius 1 is 1.31 bits per heavy atom. The van der Waals surface area contributed by atoms with Crippen LogP contribution in [0.1, 0.15) is 26.3 Å². The van der Waals surface area contributed by atoms with Crippen LogP contribution >= 0.6 is 0 Å². The quantitative estimate of drug-likeness (QED) is 0.770. The number of hydrogen-bond donors (Lipinski definition) is 1. The lowest BCUT2D eigenvalue weighted by atomic mass is 9.73. The van der Waals surface area contributed by atoms with Crippen molar-refractivity contribution in [1.82, 2.24) is 0 Å². The predicted molar refractivity (Wildman–Crippen MR) is 69.2 cm³/mol. The molecule has 1 atom stereocenters. The average molecular weight is 216 g/mol. The second kappa shape index (κ2) is 4.02. The van der Waals surface area contributed by atoms with Gasteiger partial charge in [0.25, 0.3) is 0 Å². The number of hydrogen-bond acceptors (Lipinski definition) is 2. The van der Waals surface area contributed by atoms with E-state index in [1.807, 2.05) is 6.07 Å². The van der Waals surface area contributed by atoms with Crippen LogP contribution in [-0.4, -0.2) is 12.3 Å². The fraction of sp³-hybridized carbons (Fsp3) is 0.500. The molecule has 0 amide bonds. The van der Waals surface area contributed by atoms with Crippen LogP contribution in [0, 0.1) is 11.3 Å². The van der Waals surface area contributed by atoms with Crippen molar-refractivity contribution >= 4 is 11.4 Å². The third-order valence-electron chi connectivity index (χ3n) is 3.34. The third kappa shape index (κ3) is 2.03. The lowest BCUT2D eigenvalue weighted by Crippen LogP contribution is -2.36. The van der Waals surface area contributed by atoms with Gasteiger partial charge in [0, 0.05) is 18.2 Å². The van der Waals surface area contributed by atoms with E-state index in [-0.39, 0.29) is 5.41 Å². The second-order valence-electron chi connectivity index (χ2n) is 5.56. The molecule has 1 aromatic rings. The first kappa shape index (κ1) is 11.3. The van der Waals surface area contributed by atoms with Crippen LogP contribution in [0.3, 0.4) is 0 Å². The van der Waals surface area contributed by atoms with E-state index in [0.29, 0.717) is 12.5 Å². The standard InChI is InChI=1S/C14H20N2/c1-14(2,3)11-8-10-6-4-5-7-12(10)16-13(11)9-15/h4-7,11H,8-9,15H2,1-3H3. The maximum Gasteiger partial charge on any atom is 0.0661 e. The number of benzene rings is 1. The van der Waals surface area contributed by atoms with Crippen molar-refractivity contribution in [1.29, 1.82) is 0 Å². The molecule has 0 bridgehead atoms. The molecule has 16 heavy (non-hydrogen) atoms. The fourth-order valence-corrected chi connectivity index (χ4v) is 2.36. The zero-order chi connectivity index (χ0) is 11.8. The SMILES string of the molecule is CC(C)(C)C1Cc2ccccc2N=C1CN. The maximum absolute atomic E-state index is 5.82. The molecule has 86 valence electrons. The molecule has 0 saturated carbocycles. The normalized spacial score (nSPS) is 20.2. The highest BCUT2D eigenvalue weighted by Gasteiger charge is 2.31. The summed E-state index contributed by atoms with van der Waals surface area (Å²) in [7, 11) is 0. The fourth-order valence-electron chi connectivity index (χ4n) is 2.36. The van der Waals surface area contributed by atoms with E-state index < -0.39 is 0 Å². The number of fused-ring (bicyclic) bond motifs is 1. The van der Waals surface area contributed by atoms with E-state index in [1.165, 1.54) is 5.56 Å². The largest absolute Gasteiger partial charge is 0.325 e. The highest BCUT2D eigenvalue weighted by atomic mass is 14.8. The number of aliphatic imine (C=N–C) groups is 1. The first-order valence-corrected chi connectivity index (χ1v) is 5.88. The van der Waals surface area contributed by atoms with E-state index in [2.05, 4.69) is 39.0 Å². The van der Waals surface area contributed by atoms with Gasteiger partial charge in [0.1, 0.15) is 0 Å². The van der Waals surface area contributed by atoms with Gasteiger partial charge in [-0.1, -0.05) is 39.0 Å².